The van der Waals surface area contributed by atoms with Crippen molar-refractivity contribution in [3.8, 4) is 0 Å². The van der Waals surface area contributed by atoms with E-state index in [4.69, 9.17) is 10.5 Å². The van der Waals surface area contributed by atoms with Gasteiger partial charge in [0.15, 0.2) is 0 Å². The fourth-order valence-electron chi connectivity index (χ4n) is 5.20. The van der Waals surface area contributed by atoms with Crippen molar-refractivity contribution >= 4 is 5.91 Å². The lowest BCUT2D eigenvalue weighted by molar-refractivity contribution is -0.143. The van der Waals surface area contributed by atoms with Gasteiger partial charge in [0, 0.05) is 5.41 Å². The minimum atomic E-state index is -4.98. The highest BCUT2D eigenvalue weighted by Gasteiger charge is 2.49. The van der Waals surface area contributed by atoms with Crippen molar-refractivity contribution in [2.75, 3.05) is 6.61 Å². The summed E-state index contributed by atoms with van der Waals surface area (Å²) in [4.78, 5) is 24.8. The standard InChI is InChI=1S/C26H26F6N4O3/c1-16(17-11-19(25(27,28)29)13-20(12-17)26(30,31)32)39-14-23(18-5-3-2-4-6-18)7-9-24(10-8-23,21(33)37)36-15-34-35-22(36)38/h2-6,11-13,15-16H,7-10,14H2,1H3,(H2,33,37)(H,35,38)/t16-,23-,24+/m1/s1. The Labute approximate surface area is 219 Å². The van der Waals surface area contributed by atoms with Crippen molar-refractivity contribution < 1.29 is 35.9 Å². The molecule has 0 spiro atoms. The van der Waals surface area contributed by atoms with Crippen molar-refractivity contribution in [1.82, 2.24) is 14.8 Å². The molecule has 0 aliphatic heterocycles. The Morgan fingerprint density at radius 2 is 1.59 bits per heavy atom. The SMILES string of the molecule is C[C@@H](OC[C@]1(c2ccccc2)CC[C@@](C(N)=O)(n2cn[nH]c2=O)CC1)c1cc(C(F)(F)F)cc(C(F)(F)F)c1. The first-order valence-corrected chi connectivity index (χ1v) is 12.1. The average Bonchev–Trinajstić information content (AvgIpc) is 3.33. The van der Waals surface area contributed by atoms with Crippen LogP contribution in [0.2, 0.25) is 0 Å². The molecule has 3 N–H and O–H groups in total. The van der Waals surface area contributed by atoms with Crippen LogP contribution in [0, 0.1) is 0 Å². The van der Waals surface area contributed by atoms with Gasteiger partial charge >= 0.3 is 18.0 Å². The average molecular weight is 557 g/mol. The number of nitrogens with zero attached hydrogens (tertiary/aromatic N) is 2. The molecule has 1 aliphatic rings. The lowest BCUT2D eigenvalue weighted by Crippen LogP contribution is -2.55. The minimum Gasteiger partial charge on any atom is -0.373 e. The Kier molecular flexibility index (Phi) is 7.41. The Bertz CT molecular complexity index is 1340. The predicted octanol–water partition coefficient (Wildman–Crippen LogP) is 5.08. The number of H-pyrrole nitrogens is 1. The number of nitrogens with two attached hydrogens (primary N) is 1. The number of amides is 1. The van der Waals surface area contributed by atoms with Gasteiger partial charge in [-0.15, -0.1) is 0 Å². The molecular formula is C26H26F6N4O3. The molecular weight excluding hydrogens is 530 g/mol. The number of aromatic amines is 1. The highest BCUT2D eigenvalue weighted by atomic mass is 19.4. The predicted molar refractivity (Wildman–Crippen MR) is 127 cm³/mol. The number of nitrogens with one attached hydrogen (secondary N) is 1. The molecule has 0 radical (unpaired) electrons. The van der Waals surface area contributed by atoms with Gasteiger partial charge in [0.05, 0.1) is 23.8 Å². The van der Waals surface area contributed by atoms with Gasteiger partial charge in [-0.1, -0.05) is 30.3 Å². The molecule has 3 aromatic rings. The van der Waals surface area contributed by atoms with Crippen molar-refractivity contribution in [3.05, 3.63) is 87.6 Å². The van der Waals surface area contributed by atoms with Gasteiger partial charge in [0.25, 0.3) is 0 Å². The van der Waals surface area contributed by atoms with Gasteiger partial charge < -0.3 is 10.5 Å². The summed E-state index contributed by atoms with van der Waals surface area (Å²) in [5, 5.41) is 5.94. The number of hydrogen-bond acceptors (Lipinski definition) is 4. The number of primary amides is 1. The third kappa shape index (κ3) is 5.58. The van der Waals surface area contributed by atoms with E-state index in [0.29, 0.717) is 25.0 Å². The van der Waals surface area contributed by atoms with E-state index >= 15 is 0 Å². The van der Waals surface area contributed by atoms with Crippen LogP contribution in [0.3, 0.4) is 0 Å². The van der Waals surface area contributed by atoms with Gasteiger partial charge in [0.2, 0.25) is 5.91 Å². The maximum atomic E-state index is 13.4. The topological polar surface area (TPSA) is 103 Å². The van der Waals surface area contributed by atoms with Crippen molar-refractivity contribution in [2.45, 2.75) is 62.0 Å². The van der Waals surface area contributed by atoms with Gasteiger partial charge in [-0.05, 0) is 61.9 Å². The Morgan fingerprint density at radius 3 is 2.05 bits per heavy atom. The number of carbonyl (C=O) groups excluding carboxylic acids is 1. The lowest BCUT2D eigenvalue weighted by Gasteiger charge is -2.45. The molecule has 1 atom stereocenters. The van der Waals surface area contributed by atoms with Gasteiger partial charge in [-0.3, -0.25) is 9.36 Å². The first-order chi connectivity index (χ1) is 18.2. The molecule has 1 aromatic heterocycles. The highest BCUT2D eigenvalue weighted by molar-refractivity contribution is 5.83. The summed E-state index contributed by atoms with van der Waals surface area (Å²) in [6, 6.07) is 10.4. The molecule has 13 heteroatoms. The first kappa shape index (κ1) is 28.4. The zero-order valence-electron chi connectivity index (χ0n) is 20.8. The second kappa shape index (κ2) is 10.2. The van der Waals surface area contributed by atoms with Gasteiger partial charge in [-0.25, -0.2) is 9.89 Å². The van der Waals surface area contributed by atoms with Gasteiger partial charge in [0.1, 0.15) is 11.9 Å². The zero-order valence-corrected chi connectivity index (χ0v) is 20.8. The monoisotopic (exact) mass is 556 g/mol. The third-order valence-electron chi connectivity index (χ3n) is 7.58. The molecule has 0 unspecified atom stereocenters. The summed E-state index contributed by atoms with van der Waals surface area (Å²) in [6.45, 7) is 1.32. The Morgan fingerprint density at radius 1 is 1.03 bits per heavy atom. The van der Waals surface area contributed by atoms with Gasteiger partial charge in [-0.2, -0.15) is 31.4 Å². The normalized spacial score (nSPS) is 22.9. The molecule has 1 amide bonds. The molecule has 7 nitrogen and oxygen atoms in total. The second-order valence-electron chi connectivity index (χ2n) is 9.87. The van der Waals surface area contributed by atoms with Crippen LogP contribution in [0.15, 0.2) is 59.7 Å². The number of benzene rings is 2. The summed E-state index contributed by atoms with van der Waals surface area (Å²) >= 11 is 0. The number of carbonyl (C=O) groups is 1. The third-order valence-corrected chi connectivity index (χ3v) is 7.58. The number of hydrogen-bond donors (Lipinski definition) is 2. The molecule has 1 heterocycles. The van der Waals surface area contributed by atoms with E-state index in [2.05, 4.69) is 10.2 Å². The Balaban J connectivity index is 1.64. The summed E-state index contributed by atoms with van der Waals surface area (Å²) < 4.78 is 87.3. The van der Waals surface area contributed by atoms with E-state index in [1.54, 1.807) is 18.2 Å². The van der Waals surface area contributed by atoms with Crippen LogP contribution in [0.5, 0.6) is 0 Å². The summed E-state index contributed by atoms with van der Waals surface area (Å²) in [7, 11) is 0. The molecule has 1 aliphatic carbocycles. The maximum Gasteiger partial charge on any atom is 0.416 e. The smallest absolute Gasteiger partial charge is 0.373 e. The molecule has 2 aromatic carbocycles. The van der Waals surface area contributed by atoms with Crippen molar-refractivity contribution in [2.24, 2.45) is 5.73 Å². The molecule has 39 heavy (non-hydrogen) atoms. The fourth-order valence-corrected chi connectivity index (χ4v) is 5.20. The van der Waals surface area contributed by atoms with E-state index in [0.717, 1.165) is 10.1 Å². The molecule has 1 fully saturated rings. The summed E-state index contributed by atoms with van der Waals surface area (Å²) in [5.74, 6) is -0.717. The second-order valence-corrected chi connectivity index (χ2v) is 9.87. The van der Waals surface area contributed by atoms with E-state index < -0.39 is 52.1 Å². The van der Waals surface area contributed by atoms with E-state index in [9.17, 15) is 35.9 Å². The van der Waals surface area contributed by atoms with Crippen LogP contribution in [0.25, 0.3) is 0 Å². The van der Waals surface area contributed by atoms with Crippen LogP contribution in [-0.4, -0.2) is 27.3 Å². The largest absolute Gasteiger partial charge is 0.416 e. The lowest BCUT2D eigenvalue weighted by atomic mass is 9.64. The zero-order chi connectivity index (χ0) is 28.6. The summed E-state index contributed by atoms with van der Waals surface area (Å²) in [6.07, 6.45) is -9.02. The number of alkyl halides is 6. The number of halogens is 6. The molecule has 1 saturated carbocycles. The van der Waals surface area contributed by atoms with Crippen LogP contribution in [0.1, 0.15) is 61.0 Å². The molecule has 0 saturated heterocycles. The van der Waals surface area contributed by atoms with Crippen LogP contribution in [0.4, 0.5) is 26.3 Å². The van der Waals surface area contributed by atoms with Crippen LogP contribution < -0.4 is 11.4 Å². The van der Waals surface area contributed by atoms with Crippen LogP contribution >= 0.6 is 0 Å². The van der Waals surface area contributed by atoms with E-state index in [1.165, 1.54) is 13.3 Å². The number of aromatic nitrogens is 3. The van der Waals surface area contributed by atoms with Crippen LogP contribution in [-0.2, 0) is 32.8 Å². The molecule has 210 valence electrons. The number of rotatable bonds is 7. The minimum absolute atomic E-state index is 0.0646. The first-order valence-electron chi connectivity index (χ1n) is 12.1. The maximum absolute atomic E-state index is 13.4. The van der Waals surface area contributed by atoms with E-state index in [-0.39, 0.29) is 31.1 Å². The number of ether oxygens (including phenoxy) is 1. The van der Waals surface area contributed by atoms with E-state index in [1.807, 2.05) is 12.1 Å². The van der Waals surface area contributed by atoms with Crippen molar-refractivity contribution in [1.29, 1.82) is 0 Å². The quantitative estimate of drug-likeness (QED) is 0.396. The van der Waals surface area contributed by atoms with Crippen molar-refractivity contribution in [3.63, 3.8) is 0 Å². The highest BCUT2D eigenvalue weighted by Crippen LogP contribution is 2.47. The fraction of sp³-hybridized carbons (Fsp3) is 0.423. The molecule has 4 rings (SSSR count). The molecule has 0 bridgehead atoms. The summed E-state index contributed by atoms with van der Waals surface area (Å²) in [5.41, 5.74) is 0.727. The Hall–Kier alpha value is -3.61.